The Morgan fingerprint density at radius 3 is 2.40 bits per heavy atom. The fraction of sp³-hybridized carbons (Fsp3) is 0.267. The maximum Gasteiger partial charge on any atom is 0.335 e. The van der Waals surface area contributed by atoms with Crippen LogP contribution in [0, 0.1) is 0 Å². The molecule has 0 saturated carbocycles. The van der Waals surface area contributed by atoms with Crippen molar-refractivity contribution in [2.75, 3.05) is 6.61 Å². The van der Waals surface area contributed by atoms with Crippen molar-refractivity contribution in [3.63, 3.8) is 0 Å². The minimum Gasteiger partial charge on any atom is -0.478 e. The normalized spacial score (nSPS) is 13.7. The molecule has 1 aliphatic rings. The summed E-state index contributed by atoms with van der Waals surface area (Å²) in [5, 5.41) is 18.7. The van der Waals surface area contributed by atoms with E-state index in [2.05, 4.69) is 53.1 Å². The molecule has 0 saturated heterocycles. The predicted octanol–water partition coefficient (Wildman–Crippen LogP) is 6.33. The summed E-state index contributed by atoms with van der Waals surface area (Å²) in [7, 11) is 0. The largest absolute Gasteiger partial charge is 0.478 e. The van der Waals surface area contributed by atoms with Crippen molar-refractivity contribution in [3.8, 4) is 11.1 Å². The van der Waals surface area contributed by atoms with Crippen molar-refractivity contribution in [2.24, 2.45) is 0 Å². The molecule has 0 bridgehead atoms. The Kier molecular flexibility index (Phi) is 6.77. The number of carboxylic acids is 1. The van der Waals surface area contributed by atoms with Gasteiger partial charge in [-0.15, -0.1) is 0 Å². The molecule has 35 heavy (non-hydrogen) atoms. The molecule has 2 N–H and O–H groups in total. The van der Waals surface area contributed by atoms with Crippen LogP contribution in [-0.4, -0.2) is 32.3 Å². The molecular weight excluding hydrogens is 436 g/mol. The zero-order valence-electron chi connectivity index (χ0n) is 19.8. The van der Waals surface area contributed by atoms with E-state index < -0.39 is 5.97 Å². The average Bonchev–Trinajstić information content (AvgIpc) is 3.25. The molecule has 5 nitrogen and oxygen atoms in total. The minimum absolute atomic E-state index is 0.115. The van der Waals surface area contributed by atoms with Gasteiger partial charge in [0.1, 0.15) is 5.82 Å². The molecule has 0 amide bonds. The molecule has 5 rings (SSSR count). The van der Waals surface area contributed by atoms with Gasteiger partial charge in [0, 0.05) is 25.1 Å². The Bertz CT molecular complexity index is 1370. The number of hydrogen-bond acceptors (Lipinski definition) is 3. The van der Waals surface area contributed by atoms with Crippen LogP contribution in [0.4, 0.5) is 0 Å². The number of aliphatic hydroxyl groups excluding tert-OH is 1. The van der Waals surface area contributed by atoms with E-state index >= 15 is 0 Å². The second-order valence-corrected chi connectivity index (χ2v) is 9.16. The zero-order chi connectivity index (χ0) is 24.2. The van der Waals surface area contributed by atoms with E-state index in [0.717, 1.165) is 40.0 Å². The Labute approximate surface area is 205 Å². The van der Waals surface area contributed by atoms with E-state index in [1.807, 2.05) is 12.1 Å². The topological polar surface area (TPSA) is 75.3 Å². The number of benzene rings is 3. The number of aryl methyl sites for hydroxylation is 1. The Morgan fingerprint density at radius 2 is 1.71 bits per heavy atom. The first-order chi connectivity index (χ1) is 17.1. The van der Waals surface area contributed by atoms with Crippen molar-refractivity contribution in [1.82, 2.24) is 9.55 Å². The monoisotopic (exact) mass is 466 g/mol. The van der Waals surface area contributed by atoms with Gasteiger partial charge in [-0.2, -0.15) is 0 Å². The first kappa shape index (κ1) is 23.1. The van der Waals surface area contributed by atoms with Gasteiger partial charge < -0.3 is 14.8 Å². The lowest BCUT2D eigenvalue weighted by molar-refractivity contribution is 0.0697. The van der Waals surface area contributed by atoms with Gasteiger partial charge in [-0.3, -0.25) is 0 Å². The fourth-order valence-electron chi connectivity index (χ4n) is 4.95. The highest BCUT2D eigenvalue weighted by molar-refractivity contribution is 5.93. The number of aliphatic hydroxyl groups is 1. The van der Waals surface area contributed by atoms with Crippen molar-refractivity contribution in [2.45, 2.75) is 45.1 Å². The van der Waals surface area contributed by atoms with Crippen LogP contribution in [-0.2, 0) is 13.0 Å². The molecular formula is C30H30N2O3. The standard InChI is InChI=1S/C30H30N2O3/c33-19-5-18-32-27-9-4-8-26(24-16-14-23(15-17-24)22-6-2-1-3-7-22)29(27)31-28(32)20-21-10-12-25(13-11-21)30(34)35/h4,6,8-17,33H,1-3,5,7,18-20H2,(H,34,35). The van der Waals surface area contributed by atoms with Gasteiger partial charge >= 0.3 is 5.97 Å². The van der Waals surface area contributed by atoms with Crippen LogP contribution in [0.15, 0.2) is 72.8 Å². The molecule has 1 aliphatic carbocycles. The number of imidazole rings is 1. The van der Waals surface area contributed by atoms with Crippen molar-refractivity contribution in [1.29, 1.82) is 0 Å². The van der Waals surface area contributed by atoms with E-state index in [9.17, 15) is 15.0 Å². The molecule has 4 aromatic rings. The summed E-state index contributed by atoms with van der Waals surface area (Å²) in [6, 6.07) is 22.0. The summed E-state index contributed by atoms with van der Waals surface area (Å²) in [4.78, 5) is 16.3. The van der Waals surface area contributed by atoms with Gasteiger partial charge in [0.25, 0.3) is 0 Å². The van der Waals surface area contributed by atoms with Crippen LogP contribution < -0.4 is 0 Å². The van der Waals surface area contributed by atoms with E-state index in [1.165, 1.54) is 30.4 Å². The van der Waals surface area contributed by atoms with E-state index in [-0.39, 0.29) is 12.2 Å². The van der Waals surface area contributed by atoms with Gasteiger partial charge in [0.05, 0.1) is 16.6 Å². The number of hydrogen-bond donors (Lipinski definition) is 2. The van der Waals surface area contributed by atoms with Gasteiger partial charge in [0.15, 0.2) is 0 Å². The zero-order valence-corrected chi connectivity index (χ0v) is 19.8. The van der Waals surface area contributed by atoms with E-state index in [1.54, 1.807) is 12.1 Å². The Balaban J connectivity index is 1.51. The molecule has 5 heteroatoms. The van der Waals surface area contributed by atoms with Gasteiger partial charge in [0.2, 0.25) is 0 Å². The first-order valence-corrected chi connectivity index (χ1v) is 12.3. The van der Waals surface area contributed by atoms with Crippen molar-refractivity contribution in [3.05, 3.63) is 95.3 Å². The molecule has 1 heterocycles. The SMILES string of the molecule is O=C(O)c1ccc(Cc2nc3c(-c4ccc(C5=CCCCC5)cc4)cccc3n2CCCO)cc1. The lowest BCUT2D eigenvalue weighted by atomic mass is 9.92. The van der Waals surface area contributed by atoms with Gasteiger partial charge in [-0.1, -0.05) is 54.6 Å². The van der Waals surface area contributed by atoms with E-state index in [0.29, 0.717) is 19.4 Å². The molecule has 0 unspecified atom stereocenters. The van der Waals surface area contributed by atoms with Gasteiger partial charge in [-0.25, -0.2) is 9.78 Å². The minimum atomic E-state index is -0.929. The maximum absolute atomic E-state index is 11.2. The number of aromatic carboxylic acids is 1. The maximum atomic E-state index is 11.2. The predicted molar refractivity (Wildman–Crippen MR) is 140 cm³/mol. The lowest BCUT2D eigenvalue weighted by Gasteiger charge is -2.13. The number of para-hydroxylation sites is 1. The highest BCUT2D eigenvalue weighted by atomic mass is 16.4. The molecule has 0 spiro atoms. The third kappa shape index (κ3) is 4.91. The Hall–Kier alpha value is -3.70. The Morgan fingerprint density at radius 1 is 0.943 bits per heavy atom. The highest BCUT2D eigenvalue weighted by Gasteiger charge is 2.16. The summed E-state index contributed by atoms with van der Waals surface area (Å²) in [5.41, 5.74) is 8.26. The molecule has 1 aromatic heterocycles. The van der Waals surface area contributed by atoms with Crippen molar-refractivity contribution >= 4 is 22.6 Å². The molecule has 0 aliphatic heterocycles. The average molecular weight is 467 g/mol. The fourth-order valence-corrected chi connectivity index (χ4v) is 4.95. The summed E-state index contributed by atoms with van der Waals surface area (Å²) < 4.78 is 2.18. The summed E-state index contributed by atoms with van der Waals surface area (Å²) in [5.74, 6) is -0.0184. The molecule has 0 atom stereocenters. The second kappa shape index (κ2) is 10.3. The second-order valence-electron chi connectivity index (χ2n) is 9.16. The van der Waals surface area contributed by atoms with E-state index in [4.69, 9.17) is 4.98 Å². The smallest absolute Gasteiger partial charge is 0.335 e. The van der Waals surface area contributed by atoms with Crippen LogP contribution in [0.5, 0.6) is 0 Å². The van der Waals surface area contributed by atoms with Crippen LogP contribution in [0.2, 0.25) is 0 Å². The summed E-state index contributed by atoms with van der Waals surface area (Å²) in [6.45, 7) is 0.787. The number of allylic oxidation sites excluding steroid dienone is 2. The molecule has 0 fully saturated rings. The molecule has 0 radical (unpaired) electrons. The van der Waals surface area contributed by atoms with Crippen molar-refractivity contribution < 1.29 is 15.0 Å². The number of fused-ring (bicyclic) bond motifs is 1. The number of carboxylic acid groups (broad SMARTS) is 1. The number of aromatic nitrogens is 2. The first-order valence-electron chi connectivity index (χ1n) is 12.3. The third-order valence-corrected chi connectivity index (χ3v) is 6.82. The number of nitrogens with zero attached hydrogens (tertiary/aromatic N) is 2. The van der Waals surface area contributed by atoms with Gasteiger partial charge in [-0.05, 0) is 72.6 Å². The summed E-state index contributed by atoms with van der Waals surface area (Å²) >= 11 is 0. The van der Waals surface area contributed by atoms with Crippen LogP contribution in [0.25, 0.3) is 27.7 Å². The van der Waals surface area contributed by atoms with Crippen LogP contribution in [0.1, 0.15) is 59.4 Å². The molecule has 178 valence electrons. The quantitative estimate of drug-likeness (QED) is 0.318. The summed E-state index contributed by atoms with van der Waals surface area (Å²) in [6.07, 6.45) is 8.48. The van der Waals surface area contributed by atoms with Crippen LogP contribution in [0.3, 0.4) is 0 Å². The highest BCUT2D eigenvalue weighted by Crippen LogP contribution is 2.32. The number of rotatable bonds is 8. The lowest BCUT2D eigenvalue weighted by Crippen LogP contribution is -2.06. The number of carbonyl (C=O) groups is 1. The third-order valence-electron chi connectivity index (χ3n) is 6.82. The molecule has 3 aromatic carbocycles. The van der Waals surface area contributed by atoms with Crippen LogP contribution >= 0.6 is 0 Å².